The first-order valence-electron chi connectivity index (χ1n) is 4.61. The normalized spacial score (nSPS) is 10.5. The molecule has 7 heteroatoms. The number of hydrogen-bond acceptors (Lipinski definition) is 4. The number of halogens is 2. The van der Waals surface area contributed by atoms with Crippen molar-refractivity contribution in [3.8, 4) is 0 Å². The molecule has 0 amide bonds. The number of hydrogen-bond donors (Lipinski definition) is 1. The van der Waals surface area contributed by atoms with Crippen molar-refractivity contribution in [1.29, 1.82) is 0 Å². The Morgan fingerprint density at radius 1 is 1.47 bits per heavy atom. The van der Waals surface area contributed by atoms with E-state index in [0.717, 1.165) is 11.8 Å². The summed E-state index contributed by atoms with van der Waals surface area (Å²) in [6.07, 6.45) is 1.49. The molecule has 0 aromatic carbocycles. The van der Waals surface area contributed by atoms with E-state index in [-0.39, 0.29) is 10.6 Å². The zero-order valence-electron chi connectivity index (χ0n) is 8.70. The minimum atomic E-state index is -0.464. The van der Waals surface area contributed by atoms with E-state index in [9.17, 15) is 9.18 Å². The molecule has 2 rings (SSSR count). The first-order valence-corrected chi connectivity index (χ1v) is 6.22. The van der Waals surface area contributed by atoms with E-state index >= 15 is 0 Å². The van der Waals surface area contributed by atoms with Gasteiger partial charge in [-0.2, -0.15) is 0 Å². The molecule has 0 bridgehead atoms. The van der Waals surface area contributed by atoms with Crippen molar-refractivity contribution in [2.75, 3.05) is 0 Å². The molecule has 4 nitrogen and oxygen atoms in total. The molecule has 0 radical (unpaired) electrons. The van der Waals surface area contributed by atoms with E-state index < -0.39 is 5.82 Å². The van der Waals surface area contributed by atoms with Gasteiger partial charge in [0.15, 0.2) is 11.0 Å². The molecular formula is C10H7BrFN3OS. The van der Waals surface area contributed by atoms with Crippen LogP contribution in [0.2, 0.25) is 0 Å². The van der Waals surface area contributed by atoms with Crippen LogP contribution in [-0.2, 0) is 0 Å². The molecule has 1 N–H and O–H groups in total. The summed E-state index contributed by atoms with van der Waals surface area (Å²) in [6.45, 7) is 1.70. The predicted molar refractivity (Wildman–Crippen MR) is 65.6 cm³/mol. The van der Waals surface area contributed by atoms with Gasteiger partial charge in [0, 0.05) is 22.4 Å². The highest BCUT2D eigenvalue weighted by molar-refractivity contribution is 9.10. The van der Waals surface area contributed by atoms with Gasteiger partial charge < -0.3 is 4.98 Å². The monoisotopic (exact) mass is 315 g/mol. The fourth-order valence-electron chi connectivity index (χ4n) is 1.17. The summed E-state index contributed by atoms with van der Waals surface area (Å²) in [4.78, 5) is 21.7. The second-order valence-corrected chi connectivity index (χ2v) is 5.13. The van der Waals surface area contributed by atoms with Gasteiger partial charge in [-0.25, -0.2) is 14.4 Å². The number of nitrogens with one attached hydrogen (secondary N) is 1. The van der Waals surface area contributed by atoms with Crippen LogP contribution in [0.5, 0.6) is 0 Å². The zero-order chi connectivity index (χ0) is 12.4. The lowest BCUT2D eigenvalue weighted by Crippen LogP contribution is -2.08. The number of aryl methyl sites for hydroxylation is 1. The first-order chi connectivity index (χ1) is 8.04. The fraction of sp³-hybridized carbons (Fsp3) is 0.100. The van der Waals surface area contributed by atoms with E-state index in [4.69, 9.17) is 0 Å². The molecule has 0 aliphatic heterocycles. The van der Waals surface area contributed by atoms with Crippen LogP contribution in [0.4, 0.5) is 4.39 Å². The van der Waals surface area contributed by atoms with E-state index in [0.29, 0.717) is 15.3 Å². The fourth-order valence-corrected chi connectivity index (χ4v) is 2.26. The second-order valence-electron chi connectivity index (χ2n) is 3.23. The average Bonchev–Trinajstić information content (AvgIpc) is 2.21. The van der Waals surface area contributed by atoms with E-state index in [2.05, 4.69) is 30.9 Å². The van der Waals surface area contributed by atoms with Crippen LogP contribution in [0.15, 0.2) is 37.8 Å². The molecule has 88 valence electrons. The summed E-state index contributed by atoms with van der Waals surface area (Å²) in [5.41, 5.74) is 0.311. The number of pyridine rings is 1. The van der Waals surface area contributed by atoms with Gasteiger partial charge in [-0.1, -0.05) is 0 Å². The number of aromatic nitrogens is 3. The molecule has 0 aliphatic carbocycles. The van der Waals surface area contributed by atoms with Crippen LogP contribution >= 0.6 is 27.7 Å². The highest BCUT2D eigenvalue weighted by Crippen LogP contribution is 2.25. The van der Waals surface area contributed by atoms with Gasteiger partial charge in [0.1, 0.15) is 5.03 Å². The lowest BCUT2D eigenvalue weighted by atomic mass is 10.5. The maximum Gasteiger partial charge on any atom is 0.251 e. The van der Waals surface area contributed by atoms with Crippen LogP contribution in [-0.4, -0.2) is 15.0 Å². The Hall–Kier alpha value is -1.21. The SMILES string of the molecule is Cc1cc(=O)[nH]c(Sc2ncc(Br)cc2F)n1. The number of nitrogens with zero attached hydrogens (tertiary/aromatic N) is 2. The molecule has 0 saturated carbocycles. The maximum atomic E-state index is 13.5. The lowest BCUT2D eigenvalue weighted by molar-refractivity contribution is 0.586. The van der Waals surface area contributed by atoms with Crippen molar-refractivity contribution < 1.29 is 4.39 Å². The van der Waals surface area contributed by atoms with Crippen LogP contribution < -0.4 is 5.56 Å². The highest BCUT2D eigenvalue weighted by Gasteiger charge is 2.08. The van der Waals surface area contributed by atoms with Crippen molar-refractivity contribution in [2.45, 2.75) is 17.1 Å². The largest absolute Gasteiger partial charge is 0.301 e. The molecule has 2 heterocycles. The molecule has 0 spiro atoms. The Morgan fingerprint density at radius 2 is 2.24 bits per heavy atom. The zero-order valence-corrected chi connectivity index (χ0v) is 11.1. The quantitative estimate of drug-likeness (QED) is 0.865. The first kappa shape index (κ1) is 12.3. The third-order valence-corrected chi connectivity index (χ3v) is 3.13. The average molecular weight is 316 g/mol. The third-order valence-electron chi connectivity index (χ3n) is 1.82. The van der Waals surface area contributed by atoms with E-state index in [1.807, 2.05) is 0 Å². The Morgan fingerprint density at radius 3 is 2.88 bits per heavy atom. The molecule has 17 heavy (non-hydrogen) atoms. The molecule has 0 unspecified atom stereocenters. The van der Waals surface area contributed by atoms with Gasteiger partial charge in [0.2, 0.25) is 0 Å². The van der Waals surface area contributed by atoms with Crippen molar-refractivity contribution >= 4 is 27.7 Å². The standard InChI is InChI=1S/C10H7BrFN3OS/c1-5-2-8(16)15-10(14-5)17-9-7(12)3-6(11)4-13-9/h2-4H,1H3,(H,14,15,16). The molecule has 0 atom stereocenters. The van der Waals surface area contributed by atoms with Crippen LogP contribution in [0.3, 0.4) is 0 Å². The summed E-state index contributed by atoms with van der Waals surface area (Å²) in [5, 5.41) is 0.491. The Labute approximate surface area is 109 Å². The smallest absolute Gasteiger partial charge is 0.251 e. The van der Waals surface area contributed by atoms with Crippen molar-refractivity contribution in [1.82, 2.24) is 15.0 Å². The van der Waals surface area contributed by atoms with Crippen LogP contribution in [0.1, 0.15) is 5.69 Å². The number of rotatable bonds is 2. The van der Waals surface area contributed by atoms with Gasteiger partial charge >= 0.3 is 0 Å². The summed E-state index contributed by atoms with van der Waals surface area (Å²) >= 11 is 4.10. The van der Waals surface area contributed by atoms with E-state index in [1.165, 1.54) is 18.3 Å². The van der Waals surface area contributed by atoms with Gasteiger partial charge in [0.25, 0.3) is 5.56 Å². The molecule has 2 aromatic heterocycles. The van der Waals surface area contributed by atoms with Crippen molar-refractivity contribution in [3.05, 3.63) is 44.7 Å². The van der Waals surface area contributed by atoms with E-state index in [1.54, 1.807) is 6.92 Å². The Balaban J connectivity index is 2.34. The highest BCUT2D eigenvalue weighted by atomic mass is 79.9. The third kappa shape index (κ3) is 3.13. The number of aromatic amines is 1. The van der Waals surface area contributed by atoms with Gasteiger partial charge in [0.05, 0.1) is 0 Å². The summed E-state index contributed by atoms with van der Waals surface area (Å²) < 4.78 is 14.1. The summed E-state index contributed by atoms with van der Waals surface area (Å²) in [6, 6.07) is 2.68. The second kappa shape index (κ2) is 4.97. The van der Waals surface area contributed by atoms with Crippen LogP contribution in [0.25, 0.3) is 0 Å². The van der Waals surface area contributed by atoms with Gasteiger partial charge in [-0.05, 0) is 40.7 Å². The molecule has 0 aliphatic rings. The molecule has 2 aromatic rings. The minimum Gasteiger partial charge on any atom is -0.301 e. The molecular weight excluding hydrogens is 309 g/mol. The van der Waals surface area contributed by atoms with Crippen molar-refractivity contribution in [2.24, 2.45) is 0 Å². The summed E-state index contributed by atoms with van der Waals surface area (Å²) in [7, 11) is 0. The summed E-state index contributed by atoms with van der Waals surface area (Å²) in [5.74, 6) is -0.464. The van der Waals surface area contributed by atoms with Crippen LogP contribution in [0, 0.1) is 12.7 Å². The van der Waals surface area contributed by atoms with Gasteiger partial charge in [-0.15, -0.1) is 0 Å². The molecule has 0 saturated heterocycles. The Kier molecular flexibility index (Phi) is 3.58. The Bertz CT molecular complexity index is 617. The van der Waals surface area contributed by atoms with Crippen molar-refractivity contribution in [3.63, 3.8) is 0 Å². The number of H-pyrrole nitrogens is 1. The van der Waals surface area contributed by atoms with Gasteiger partial charge in [-0.3, -0.25) is 4.79 Å². The molecule has 0 fully saturated rings. The topological polar surface area (TPSA) is 58.6 Å². The lowest BCUT2D eigenvalue weighted by Gasteiger charge is -2.02. The predicted octanol–water partition coefficient (Wildman–Crippen LogP) is 2.53. The minimum absolute atomic E-state index is 0.168. The maximum absolute atomic E-state index is 13.5.